The lowest BCUT2D eigenvalue weighted by Gasteiger charge is -2.14. The van der Waals surface area contributed by atoms with Crippen LogP contribution < -0.4 is 10.6 Å². The fourth-order valence-corrected chi connectivity index (χ4v) is 3.07. The average Bonchev–Trinajstić information content (AvgIpc) is 2.96. The van der Waals surface area contributed by atoms with E-state index in [1.807, 2.05) is 6.07 Å². The van der Waals surface area contributed by atoms with E-state index in [0.29, 0.717) is 17.2 Å². The Bertz CT molecular complexity index is 539. The van der Waals surface area contributed by atoms with Crippen LogP contribution in [0.2, 0.25) is 0 Å². The second kappa shape index (κ2) is 4.68. The van der Waals surface area contributed by atoms with Crippen molar-refractivity contribution in [2.75, 3.05) is 5.32 Å². The molecule has 4 nitrogen and oxygen atoms in total. The molecule has 0 bridgehead atoms. The van der Waals surface area contributed by atoms with Gasteiger partial charge in [-0.25, -0.2) is 0 Å². The highest BCUT2D eigenvalue weighted by atomic mass is 16.2. The van der Waals surface area contributed by atoms with Gasteiger partial charge in [0.15, 0.2) is 0 Å². The van der Waals surface area contributed by atoms with Gasteiger partial charge >= 0.3 is 0 Å². The first-order chi connectivity index (χ1) is 9.17. The van der Waals surface area contributed by atoms with Gasteiger partial charge in [-0.15, -0.1) is 0 Å². The summed E-state index contributed by atoms with van der Waals surface area (Å²) < 4.78 is 0. The fourth-order valence-electron chi connectivity index (χ4n) is 3.07. The summed E-state index contributed by atoms with van der Waals surface area (Å²) in [7, 11) is 0. The summed E-state index contributed by atoms with van der Waals surface area (Å²) in [6.45, 7) is 2.23. The van der Waals surface area contributed by atoms with Gasteiger partial charge in [0.25, 0.3) is 11.8 Å². The maximum absolute atomic E-state index is 11.6. The first-order valence-electron chi connectivity index (χ1n) is 6.93. The number of carbonyl (C=O) groups excluding carboxylic acids is 2. The smallest absolute Gasteiger partial charge is 0.259 e. The van der Waals surface area contributed by atoms with Gasteiger partial charge in [0.2, 0.25) is 0 Å². The molecule has 1 aromatic carbocycles. The summed E-state index contributed by atoms with van der Waals surface area (Å²) in [5.41, 5.74) is 1.90. The van der Waals surface area contributed by atoms with Gasteiger partial charge in [0.05, 0.1) is 11.1 Å². The quantitative estimate of drug-likeness (QED) is 0.819. The lowest BCUT2D eigenvalue weighted by Crippen LogP contribution is -2.19. The van der Waals surface area contributed by atoms with Gasteiger partial charge in [0.1, 0.15) is 0 Å². The highest BCUT2D eigenvalue weighted by Gasteiger charge is 2.28. The summed E-state index contributed by atoms with van der Waals surface area (Å²) in [6, 6.07) is 5.89. The van der Waals surface area contributed by atoms with E-state index in [2.05, 4.69) is 17.6 Å². The monoisotopic (exact) mass is 258 g/mol. The van der Waals surface area contributed by atoms with E-state index in [0.717, 1.165) is 11.6 Å². The molecule has 3 rings (SSSR count). The highest BCUT2D eigenvalue weighted by Crippen LogP contribution is 2.30. The van der Waals surface area contributed by atoms with Crippen molar-refractivity contribution in [2.24, 2.45) is 5.92 Å². The number of nitrogens with one attached hydrogen (secondary N) is 2. The molecule has 2 amide bonds. The molecule has 19 heavy (non-hydrogen) atoms. The van der Waals surface area contributed by atoms with Crippen LogP contribution in [0.1, 0.15) is 53.3 Å². The second-order valence-electron chi connectivity index (χ2n) is 5.47. The molecule has 100 valence electrons. The molecule has 0 radical (unpaired) electrons. The standard InChI is InChI=1S/C15H18N2O2/c1-2-9-3-4-10(7-9)16-11-5-6-12-13(8-11)15(19)17-14(12)18/h5-6,8-10,16H,2-4,7H2,1H3,(H,17,18,19). The van der Waals surface area contributed by atoms with Crippen LogP contribution in [0, 0.1) is 5.92 Å². The molecule has 1 aliphatic carbocycles. The van der Waals surface area contributed by atoms with Gasteiger partial charge < -0.3 is 5.32 Å². The third kappa shape index (κ3) is 2.23. The van der Waals surface area contributed by atoms with Crippen molar-refractivity contribution in [3.63, 3.8) is 0 Å². The molecule has 0 spiro atoms. The molecule has 1 fully saturated rings. The van der Waals surface area contributed by atoms with E-state index < -0.39 is 0 Å². The van der Waals surface area contributed by atoms with Crippen LogP contribution in [0.5, 0.6) is 0 Å². The number of rotatable bonds is 3. The Morgan fingerprint density at radius 3 is 2.74 bits per heavy atom. The van der Waals surface area contributed by atoms with Gasteiger partial charge in [-0.1, -0.05) is 13.3 Å². The van der Waals surface area contributed by atoms with Crippen LogP contribution in [-0.2, 0) is 0 Å². The average molecular weight is 258 g/mol. The Morgan fingerprint density at radius 1 is 1.21 bits per heavy atom. The number of hydrogen-bond acceptors (Lipinski definition) is 3. The zero-order valence-electron chi connectivity index (χ0n) is 11.0. The second-order valence-corrected chi connectivity index (χ2v) is 5.47. The molecule has 1 aliphatic heterocycles. The Labute approximate surface area is 112 Å². The maximum Gasteiger partial charge on any atom is 0.259 e. The zero-order valence-corrected chi connectivity index (χ0v) is 11.0. The predicted molar refractivity (Wildman–Crippen MR) is 73.3 cm³/mol. The molecule has 2 unspecified atom stereocenters. The van der Waals surface area contributed by atoms with E-state index in [4.69, 9.17) is 0 Å². The molecule has 1 saturated carbocycles. The SMILES string of the molecule is CCC1CCC(Nc2ccc3c(c2)C(=O)NC3=O)C1. The van der Waals surface area contributed by atoms with E-state index in [-0.39, 0.29) is 11.8 Å². The highest BCUT2D eigenvalue weighted by molar-refractivity contribution is 6.21. The number of carbonyl (C=O) groups is 2. The third-order valence-corrected chi connectivity index (χ3v) is 4.23. The Balaban J connectivity index is 1.75. The van der Waals surface area contributed by atoms with Crippen molar-refractivity contribution < 1.29 is 9.59 Å². The van der Waals surface area contributed by atoms with E-state index >= 15 is 0 Å². The van der Waals surface area contributed by atoms with Gasteiger partial charge in [-0.2, -0.15) is 0 Å². The number of benzene rings is 1. The molecular formula is C15H18N2O2. The number of anilines is 1. The molecule has 1 heterocycles. The molecule has 2 atom stereocenters. The van der Waals surface area contributed by atoms with E-state index in [1.165, 1.54) is 25.7 Å². The normalized spacial score (nSPS) is 25.3. The minimum atomic E-state index is -0.293. The third-order valence-electron chi connectivity index (χ3n) is 4.23. The number of hydrogen-bond donors (Lipinski definition) is 2. The lowest BCUT2D eigenvalue weighted by atomic mass is 10.1. The number of amides is 2. The van der Waals surface area contributed by atoms with Gasteiger partial charge in [-0.3, -0.25) is 14.9 Å². The summed E-state index contributed by atoms with van der Waals surface area (Å²) in [4.78, 5) is 23.1. The molecule has 4 heteroatoms. The first-order valence-corrected chi connectivity index (χ1v) is 6.93. The van der Waals surface area contributed by atoms with Crippen LogP contribution in [0.3, 0.4) is 0 Å². The van der Waals surface area contributed by atoms with Crippen molar-refractivity contribution in [3.05, 3.63) is 29.3 Å². The van der Waals surface area contributed by atoms with Crippen LogP contribution in [0.25, 0.3) is 0 Å². The van der Waals surface area contributed by atoms with E-state index in [1.54, 1.807) is 12.1 Å². The first kappa shape index (κ1) is 12.2. The van der Waals surface area contributed by atoms with E-state index in [9.17, 15) is 9.59 Å². The largest absolute Gasteiger partial charge is 0.382 e. The van der Waals surface area contributed by atoms with Crippen molar-refractivity contribution in [3.8, 4) is 0 Å². The lowest BCUT2D eigenvalue weighted by molar-refractivity contribution is 0.0879. The zero-order chi connectivity index (χ0) is 13.4. The Hall–Kier alpha value is -1.84. The summed E-state index contributed by atoms with van der Waals surface area (Å²) >= 11 is 0. The van der Waals surface area contributed by atoms with Crippen molar-refractivity contribution in [2.45, 2.75) is 38.6 Å². The summed E-state index contributed by atoms with van der Waals surface area (Å²) in [5, 5.41) is 5.79. The summed E-state index contributed by atoms with van der Waals surface area (Å²) in [6.07, 6.45) is 4.89. The van der Waals surface area contributed by atoms with Crippen molar-refractivity contribution >= 4 is 17.5 Å². The fraction of sp³-hybridized carbons (Fsp3) is 0.467. The van der Waals surface area contributed by atoms with Crippen molar-refractivity contribution in [1.82, 2.24) is 5.32 Å². The maximum atomic E-state index is 11.6. The molecule has 2 aliphatic rings. The number of fused-ring (bicyclic) bond motifs is 1. The Morgan fingerprint density at radius 2 is 2.00 bits per heavy atom. The van der Waals surface area contributed by atoms with Crippen molar-refractivity contribution in [1.29, 1.82) is 0 Å². The predicted octanol–water partition coefficient (Wildman–Crippen LogP) is 2.56. The minimum Gasteiger partial charge on any atom is -0.382 e. The molecule has 2 N–H and O–H groups in total. The molecule has 1 aromatic rings. The van der Waals surface area contributed by atoms with Crippen LogP contribution >= 0.6 is 0 Å². The summed E-state index contributed by atoms with van der Waals surface area (Å²) in [5.74, 6) is 0.233. The number of imide groups is 1. The van der Waals surface area contributed by atoms with Gasteiger partial charge in [0, 0.05) is 11.7 Å². The molecule has 0 saturated heterocycles. The van der Waals surface area contributed by atoms with Crippen LogP contribution in [0.4, 0.5) is 5.69 Å². The van der Waals surface area contributed by atoms with Gasteiger partial charge in [-0.05, 0) is 43.4 Å². The topological polar surface area (TPSA) is 58.2 Å². The Kier molecular flexibility index (Phi) is 3.01. The minimum absolute atomic E-state index is 0.290. The molecule has 0 aromatic heterocycles. The van der Waals surface area contributed by atoms with Crippen LogP contribution in [-0.4, -0.2) is 17.9 Å². The van der Waals surface area contributed by atoms with Crippen LogP contribution in [0.15, 0.2) is 18.2 Å². The molecular weight excluding hydrogens is 240 g/mol.